The molecule has 0 saturated carbocycles. The Kier molecular flexibility index (Phi) is 5.68. The Bertz CT molecular complexity index is 1260. The third-order valence-electron chi connectivity index (χ3n) is 5.47. The molecule has 0 amide bonds. The number of hydrogen-bond donors (Lipinski definition) is 0. The van der Waals surface area contributed by atoms with Crippen LogP contribution >= 0.6 is 11.8 Å². The van der Waals surface area contributed by atoms with Crippen LogP contribution in [-0.2, 0) is 24.1 Å². The number of ether oxygens (including phenoxy) is 2. The molecule has 1 unspecified atom stereocenters. The molecule has 0 aliphatic carbocycles. The number of rotatable bonds is 5. The summed E-state index contributed by atoms with van der Waals surface area (Å²) in [6, 6.07) is 20.8. The molecule has 7 heteroatoms. The van der Waals surface area contributed by atoms with Gasteiger partial charge in [0.05, 0.1) is 6.61 Å². The smallest absolute Gasteiger partial charge is 0.227 e. The molecule has 1 aliphatic rings. The summed E-state index contributed by atoms with van der Waals surface area (Å²) < 4.78 is 28.3. The van der Waals surface area contributed by atoms with Crippen molar-refractivity contribution in [3.8, 4) is 17.1 Å². The lowest BCUT2D eigenvalue weighted by Gasteiger charge is -2.28. The maximum absolute atomic E-state index is 14.3. The Labute approximate surface area is 190 Å². The first-order valence-electron chi connectivity index (χ1n) is 10.3. The molecule has 5 nitrogen and oxygen atoms in total. The van der Waals surface area contributed by atoms with Gasteiger partial charge in [0.1, 0.15) is 11.6 Å². The van der Waals surface area contributed by atoms with Crippen LogP contribution < -0.4 is 4.74 Å². The zero-order chi connectivity index (χ0) is 22.1. The normalized spacial score (nSPS) is 15.3. The maximum atomic E-state index is 14.3. The van der Waals surface area contributed by atoms with Crippen molar-refractivity contribution in [2.45, 2.75) is 30.7 Å². The number of benzene rings is 3. The van der Waals surface area contributed by atoms with Crippen LogP contribution in [0, 0.1) is 12.7 Å². The van der Waals surface area contributed by atoms with Gasteiger partial charge in [-0.05, 0) is 24.6 Å². The number of aryl methyl sites for hydroxylation is 1. The first kappa shape index (κ1) is 20.7. The van der Waals surface area contributed by atoms with Gasteiger partial charge in [-0.15, -0.1) is 10.2 Å². The number of nitrogens with zero attached hydrogens (tertiary/aromatic N) is 3. The fraction of sp³-hybridized carbons (Fsp3) is 0.200. The Morgan fingerprint density at radius 3 is 2.66 bits per heavy atom. The highest BCUT2D eigenvalue weighted by atomic mass is 32.2. The monoisotopic (exact) mass is 447 g/mol. The summed E-state index contributed by atoms with van der Waals surface area (Å²) in [7, 11) is 1.95. The van der Waals surface area contributed by atoms with Gasteiger partial charge in [-0.2, -0.15) is 0 Å². The summed E-state index contributed by atoms with van der Waals surface area (Å²) in [6.45, 7) is 2.35. The Hall–Kier alpha value is -3.16. The molecule has 5 rings (SSSR count). The molecule has 1 atom stereocenters. The molecule has 0 fully saturated rings. The Morgan fingerprint density at radius 2 is 1.84 bits per heavy atom. The van der Waals surface area contributed by atoms with E-state index in [2.05, 4.69) is 23.2 Å². The Morgan fingerprint density at radius 1 is 1.06 bits per heavy atom. The van der Waals surface area contributed by atoms with E-state index >= 15 is 0 Å². The largest absolute Gasteiger partial charge is 0.460 e. The topological polar surface area (TPSA) is 49.2 Å². The van der Waals surface area contributed by atoms with Gasteiger partial charge in [0.15, 0.2) is 11.0 Å². The number of fused-ring (bicyclic) bond motifs is 1. The van der Waals surface area contributed by atoms with Gasteiger partial charge in [0, 0.05) is 35.1 Å². The van der Waals surface area contributed by atoms with Gasteiger partial charge in [0.2, 0.25) is 6.29 Å². The van der Waals surface area contributed by atoms with Crippen molar-refractivity contribution in [1.82, 2.24) is 14.8 Å². The minimum absolute atomic E-state index is 0.297. The third kappa shape index (κ3) is 4.01. The summed E-state index contributed by atoms with van der Waals surface area (Å²) in [4.78, 5) is 0. The highest BCUT2D eigenvalue weighted by Gasteiger charge is 2.25. The van der Waals surface area contributed by atoms with Crippen LogP contribution in [0.15, 0.2) is 71.9 Å². The van der Waals surface area contributed by atoms with E-state index in [0.29, 0.717) is 23.7 Å². The maximum Gasteiger partial charge on any atom is 0.227 e. The molecule has 0 radical (unpaired) electrons. The van der Waals surface area contributed by atoms with E-state index in [1.54, 1.807) is 0 Å². The molecule has 162 valence electrons. The molecule has 0 bridgehead atoms. The fourth-order valence-electron chi connectivity index (χ4n) is 3.80. The average molecular weight is 448 g/mol. The molecular weight excluding hydrogens is 425 g/mol. The van der Waals surface area contributed by atoms with E-state index in [-0.39, 0.29) is 5.82 Å². The van der Waals surface area contributed by atoms with Crippen LogP contribution in [0.1, 0.15) is 28.5 Å². The first-order chi connectivity index (χ1) is 15.6. The van der Waals surface area contributed by atoms with Crippen molar-refractivity contribution >= 4 is 11.8 Å². The van der Waals surface area contributed by atoms with Gasteiger partial charge in [-0.1, -0.05) is 66.4 Å². The van der Waals surface area contributed by atoms with E-state index in [9.17, 15) is 4.39 Å². The van der Waals surface area contributed by atoms with Crippen LogP contribution in [0.25, 0.3) is 11.4 Å². The SMILES string of the molecule is Cc1ccccc1-c1nnc(SCc2cc(F)cc3c2OC(c2ccccc2)OC3)n1C. The van der Waals surface area contributed by atoms with Crippen molar-refractivity contribution in [2.24, 2.45) is 7.05 Å². The van der Waals surface area contributed by atoms with Crippen molar-refractivity contribution in [3.05, 3.63) is 94.8 Å². The van der Waals surface area contributed by atoms with E-state index in [0.717, 1.165) is 33.2 Å². The number of thioether (sulfide) groups is 1. The van der Waals surface area contributed by atoms with E-state index < -0.39 is 6.29 Å². The van der Waals surface area contributed by atoms with Gasteiger partial charge in [0.25, 0.3) is 0 Å². The molecule has 0 saturated heterocycles. The van der Waals surface area contributed by atoms with Crippen molar-refractivity contribution in [3.63, 3.8) is 0 Å². The van der Waals surface area contributed by atoms with E-state index in [1.165, 1.54) is 23.9 Å². The minimum Gasteiger partial charge on any atom is -0.460 e. The van der Waals surface area contributed by atoms with Crippen LogP contribution in [0.3, 0.4) is 0 Å². The van der Waals surface area contributed by atoms with Gasteiger partial charge >= 0.3 is 0 Å². The molecule has 0 spiro atoms. The standard InChI is InChI=1S/C25H22FN3O2S/c1-16-8-6-7-11-21(16)23-27-28-25(29(23)2)32-15-19-13-20(26)12-18-14-30-24(31-22(18)19)17-9-4-3-5-10-17/h3-13,24H,14-15H2,1-2H3. The minimum atomic E-state index is -0.514. The molecule has 1 aromatic heterocycles. The molecule has 1 aliphatic heterocycles. The zero-order valence-corrected chi connectivity index (χ0v) is 18.6. The lowest BCUT2D eigenvalue weighted by Crippen LogP contribution is -2.19. The van der Waals surface area contributed by atoms with Crippen LogP contribution in [0.2, 0.25) is 0 Å². The van der Waals surface area contributed by atoms with E-state index in [1.807, 2.05) is 60.1 Å². The quantitative estimate of drug-likeness (QED) is 0.360. The fourth-order valence-corrected chi connectivity index (χ4v) is 4.68. The lowest BCUT2D eigenvalue weighted by molar-refractivity contribution is -0.112. The summed E-state index contributed by atoms with van der Waals surface area (Å²) in [6.07, 6.45) is -0.514. The highest BCUT2D eigenvalue weighted by molar-refractivity contribution is 7.98. The van der Waals surface area contributed by atoms with Crippen LogP contribution in [0.5, 0.6) is 5.75 Å². The molecule has 4 aromatic rings. The van der Waals surface area contributed by atoms with Crippen molar-refractivity contribution in [2.75, 3.05) is 0 Å². The molecule has 0 N–H and O–H groups in total. The van der Waals surface area contributed by atoms with Gasteiger partial charge in [-0.25, -0.2) is 4.39 Å². The third-order valence-corrected chi connectivity index (χ3v) is 6.54. The average Bonchev–Trinajstić information content (AvgIpc) is 3.18. The lowest BCUT2D eigenvalue weighted by atomic mass is 10.1. The molecule has 32 heavy (non-hydrogen) atoms. The molecular formula is C25H22FN3O2S. The summed E-state index contributed by atoms with van der Waals surface area (Å²) >= 11 is 1.50. The van der Waals surface area contributed by atoms with Crippen LogP contribution in [0.4, 0.5) is 4.39 Å². The van der Waals surface area contributed by atoms with Gasteiger partial charge < -0.3 is 14.0 Å². The second-order valence-electron chi connectivity index (χ2n) is 7.69. The number of aromatic nitrogens is 3. The highest BCUT2D eigenvalue weighted by Crippen LogP contribution is 2.39. The Balaban J connectivity index is 1.39. The second kappa shape index (κ2) is 8.76. The predicted molar refractivity (Wildman–Crippen MR) is 122 cm³/mol. The summed E-state index contributed by atoms with van der Waals surface area (Å²) in [5.74, 6) is 1.69. The molecule has 2 heterocycles. The zero-order valence-electron chi connectivity index (χ0n) is 17.8. The van der Waals surface area contributed by atoms with Crippen molar-refractivity contribution in [1.29, 1.82) is 0 Å². The molecule has 3 aromatic carbocycles. The number of halogens is 1. The first-order valence-corrected chi connectivity index (χ1v) is 11.3. The van der Waals surface area contributed by atoms with E-state index in [4.69, 9.17) is 9.47 Å². The van der Waals surface area contributed by atoms with Gasteiger partial charge in [-0.3, -0.25) is 0 Å². The predicted octanol–water partition coefficient (Wildman–Crippen LogP) is 5.83. The second-order valence-corrected chi connectivity index (χ2v) is 8.64. The number of hydrogen-bond acceptors (Lipinski definition) is 5. The van der Waals surface area contributed by atoms with Crippen molar-refractivity contribution < 1.29 is 13.9 Å². The summed E-state index contributed by atoms with van der Waals surface area (Å²) in [5.41, 5.74) is 4.60. The van der Waals surface area contributed by atoms with Crippen LogP contribution in [-0.4, -0.2) is 14.8 Å². The summed E-state index contributed by atoms with van der Waals surface area (Å²) in [5, 5.41) is 9.50.